The van der Waals surface area contributed by atoms with E-state index in [1.165, 1.54) is 7.11 Å². The molecule has 5 heteroatoms. The Morgan fingerprint density at radius 3 is 2.58 bits per heavy atom. The highest BCUT2D eigenvalue weighted by Gasteiger charge is 2.65. The molecule has 4 rings (SSSR count). The molecule has 1 heterocycles. The van der Waals surface area contributed by atoms with Gasteiger partial charge in [-0.05, 0) is 67.8 Å². The second-order valence-corrected chi connectivity index (χ2v) is 9.25. The molecule has 1 N–H and O–H groups in total. The average molecular weight is 361 g/mol. The largest absolute Gasteiger partial charge is 0.469 e. The highest BCUT2D eigenvalue weighted by Crippen LogP contribution is 2.66. The van der Waals surface area contributed by atoms with Crippen molar-refractivity contribution in [1.82, 2.24) is 5.32 Å². The Bertz CT molecular complexity index is 660. The normalized spacial score (nSPS) is 49.6. The van der Waals surface area contributed by atoms with E-state index in [1.54, 1.807) is 13.2 Å². The average Bonchev–Trinajstić information content (AvgIpc) is 2.99. The number of ether oxygens (including phenoxy) is 2. The summed E-state index contributed by atoms with van der Waals surface area (Å²) >= 11 is 0. The number of amides is 1. The molecule has 0 spiro atoms. The minimum absolute atomic E-state index is 0.0296. The number of methoxy groups -OCH3 is 2. The molecule has 2 unspecified atom stereocenters. The van der Waals surface area contributed by atoms with E-state index in [1.807, 2.05) is 0 Å². The lowest BCUT2D eigenvalue weighted by atomic mass is 9.47. The molecule has 5 nitrogen and oxygen atoms in total. The molecule has 0 radical (unpaired) electrons. The number of carbonyl (C=O) groups excluding carboxylic acids is 2. The van der Waals surface area contributed by atoms with Crippen molar-refractivity contribution >= 4 is 11.9 Å². The summed E-state index contributed by atoms with van der Waals surface area (Å²) in [5.74, 6) is 1.51. The molecule has 4 aliphatic rings. The van der Waals surface area contributed by atoms with Gasteiger partial charge in [-0.2, -0.15) is 0 Å². The number of carbonyl (C=O) groups is 2. The number of nitrogens with one attached hydrogen (secondary N) is 1. The first kappa shape index (κ1) is 18.0. The first-order valence-corrected chi connectivity index (χ1v) is 9.96. The minimum atomic E-state index is -0.603. The van der Waals surface area contributed by atoms with E-state index in [2.05, 4.69) is 25.2 Å². The molecule has 1 amide bonds. The molecule has 0 bridgehead atoms. The van der Waals surface area contributed by atoms with Gasteiger partial charge in [0.25, 0.3) is 0 Å². The van der Waals surface area contributed by atoms with Gasteiger partial charge in [0.15, 0.2) is 0 Å². The Kier molecular flexibility index (Phi) is 4.03. The van der Waals surface area contributed by atoms with Crippen LogP contribution >= 0.6 is 0 Å². The molecule has 0 saturated heterocycles. The zero-order valence-electron chi connectivity index (χ0n) is 16.3. The molecule has 3 aliphatic carbocycles. The summed E-state index contributed by atoms with van der Waals surface area (Å²) in [5, 5.41) is 3.14. The molecule has 0 aromatic rings. The number of fused-ring (bicyclic) bond motifs is 5. The Labute approximate surface area is 155 Å². The fraction of sp³-hybridized carbons (Fsp3) is 0.810. The highest BCUT2D eigenvalue weighted by molar-refractivity contribution is 5.89. The van der Waals surface area contributed by atoms with E-state index in [0.29, 0.717) is 17.8 Å². The Balaban J connectivity index is 1.69. The molecular weight excluding hydrogens is 330 g/mol. The van der Waals surface area contributed by atoms with Gasteiger partial charge < -0.3 is 14.8 Å². The second-order valence-electron chi connectivity index (χ2n) is 9.25. The lowest BCUT2D eigenvalue weighted by Gasteiger charge is -2.62. The lowest BCUT2D eigenvalue weighted by Crippen LogP contribution is -2.68. The summed E-state index contributed by atoms with van der Waals surface area (Å²) in [6.07, 6.45) is 9.78. The monoisotopic (exact) mass is 361 g/mol. The predicted molar refractivity (Wildman–Crippen MR) is 96.9 cm³/mol. The van der Waals surface area contributed by atoms with E-state index in [0.717, 1.165) is 38.5 Å². The van der Waals surface area contributed by atoms with Crippen molar-refractivity contribution in [2.24, 2.45) is 34.5 Å². The standard InChI is InChI=1S/C21H31NO4/c1-19-10-8-15-13(14(19)5-6-16(19)18(24)25-3)7-12-21(26-4)20(15,2)11-9-17(23)22-21/h9,11,13-16H,5-8,10,12H2,1-4H3,(H,22,23)/t13-,14-,15?,16+,19-,20+,21?/m0/s1. The minimum Gasteiger partial charge on any atom is -0.469 e. The van der Waals surface area contributed by atoms with E-state index in [-0.39, 0.29) is 28.6 Å². The summed E-state index contributed by atoms with van der Waals surface area (Å²) in [5.41, 5.74) is -0.767. The van der Waals surface area contributed by atoms with Gasteiger partial charge in [-0.25, -0.2) is 0 Å². The molecule has 3 saturated carbocycles. The van der Waals surface area contributed by atoms with Gasteiger partial charge in [0.1, 0.15) is 5.72 Å². The molecule has 26 heavy (non-hydrogen) atoms. The van der Waals surface area contributed by atoms with Crippen LogP contribution in [0, 0.1) is 34.5 Å². The number of esters is 1. The molecule has 3 fully saturated rings. The Hall–Kier alpha value is -1.36. The zero-order valence-corrected chi connectivity index (χ0v) is 16.3. The number of hydrogen-bond donors (Lipinski definition) is 1. The van der Waals surface area contributed by atoms with Crippen LogP contribution in [0.1, 0.15) is 52.4 Å². The summed E-state index contributed by atoms with van der Waals surface area (Å²) in [4.78, 5) is 24.4. The van der Waals surface area contributed by atoms with Crippen molar-refractivity contribution in [2.45, 2.75) is 58.1 Å². The maximum Gasteiger partial charge on any atom is 0.309 e. The highest BCUT2D eigenvalue weighted by atomic mass is 16.5. The smallest absolute Gasteiger partial charge is 0.309 e. The van der Waals surface area contributed by atoms with Crippen molar-refractivity contribution < 1.29 is 19.1 Å². The zero-order chi connectivity index (χ0) is 18.7. The molecule has 7 atom stereocenters. The van der Waals surface area contributed by atoms with Crippen molar-refractivity contribution in [3.8, 4) is 0 Å². The summed E-state index contributed by atoms with van der Waals surface area (Å²) in [6.45, 7) is 4.56. The van der Waals surface area contributed by atoms with Crippen LogP contribution in [-0.2, 0) is 19.1 Å². The van der Waals surface area contributed by atoms with Crippen LogP contribution in [-0.4, -0.2) is 31.8 Å². The second kappa shape index (κ2) is 5.82. The van der Waals surface area contributed by atoms with E-state index in [4.69, 9.17) is 9.47 Å². The first-order valence-electron chi connectivity index (χ1n) is 9.96. The van der Waals surface area contributed by atoms with Crippen molar-refractivity contribution in [1.29, 1.82) is 0 Å². The van der Waals surface area contributed by atoms with Gasteiger partial charge in [0.2, 0.25) is 5.91 Å². The molecule has 144 valence electrons. The SMILES string of the molecule is COC(=O)[C@H]1CC[C@H]2[C@@H]3CCC4(OC)NC(=O)C=C[C@]4(C)C3CC[C@]12C. The van der Waals surface area contributed by atoms with Crippen LogP contribution in [0.2, 0.25) is 0 Å². The van der Waals surface area contributed by atoms with Crippen molar-refractivity contribution in [3.63, 3.8) is 0 Å². The Morgan fingerprint density at radius 1 is 1.12 bits per heavy atom. The summed E-state index contributed by atoms with van der Waals surface area (Å²) in [7, 11) is 3.22. The van der Waals surface area contributed by atoms with Gasteiger partial charge >= 0.3 is 5.97 Å². The summed E-state index contributed by atoms with van der Waals surface area (Å²) in [6, 6.07) is 0. The third-order valence-corrected chi connectivity index (χ3v) is 8.65. The van der Waals surface area contributed by atoms with Crippen LogP contribution in [0.3, 0.4) is 0 Å². The third kappa shape index (κ3) is 2.12. The number of hydrogen-bond acceptors (Lipinski definition) is 4. The predicted octanol–water partition coefficient (Wildman–Crippen LogP) is 3.05. The van der Waals surface area contributed by atoms with Crippen LogP contribution in [0.4, 0.5) is 0 Å². The summed E-state index contributed by atoms with van der Waals surface area (Å²) < 4.78 is 11.1. The van der Waals surface area contributed by atoms with Crippen LogP contribution in [0.5, 0.6) is 0 Å². The van der Waals surface area contributed by atoms with Crippen molar-refractivity contribution in [2.75, 3.05) is 14.2 Å². The van der Waals surface area contributed by atoms with Gasteiger partial charge in [-0.1, -0.05) is 19.9 Å². The van der Waals surface area contributed by atoms with Gasteiger partial charge in [0, 0.05) is 12.5 Å². The van der Waals surface area contributed by atoms with Crippen LogP contribution in [0.15, 0.2) is 12.2 Å². The van der Waals surface area contributed by atoms with Crippen LogP contribution < -0.4 is 5.32 Å². The lowest BCUT2D eigenvalue weighted by molar-refractivity contribution is -0.201. The van der Waals surface area contributed by atoms with Gasteiger partial charge in [-0.3, -0.25) is 9.59 Å². The number of rotatable bonds is 2. The van der Waals surface area contributed by atoms with E-state index in [9.17, 15) is 9.59 Å². The fourth-order valence-electron chi connectivity index (χ4n) is 7.22. The molecule has 0 aromatic carbocycles. The molecular formula is C21H31NO4. The van der Waals surface area contributed by atoms with Crippen LogP contribution in [0.25, 0.3) is 0 Å². The molecule has 0 aromatic heterocycles. The topological polar surface area (TPSA) is 64.6 Å². The van der Waals surface area contributed by atoms with E-state index < -0.39 is 5.72 Å². The first-order chi connectivity index (χ1) is 12.3. The van der Waals surface area contributed by atoms with Crippen molar-refractivity contribution in [3.05, 3.63) is 12.2 Å². The fourth-order valence-corrected chi connectivity index (χ4v) is 7.22. The van der Waals surface area contributed by atoms with Gasteiger partial charge in [-0.15, -0.1) is 0 Å². The van der Waals surface area contributed by atoms with Gasteiger partial charge in [0.05, 0.1) is 13.0 Å². The Morgan fingerprint density at radius 2 is 1.88 bits per heavy atom. The maximum absolute atomic E-state index is 12.4. The maximum atomic E-state index is 12.4. The third-order valence-electron chi connectivity index (χ3n) is 8.65. The molecule has 1 aliphatic heterocycles. The van der Waals surface area contributed by atoms with E-state index >= 15 is 0 Å². The quantitative estimate of drug-likeness (QED) is 0.768.